The number of nitrogens with one attached hydrogen (secondary N) is 1. The third kappa shape index (κ3) is 2.61. The number of fused-ring (bicyclic) bond motifs is 1. The summed E-state index contributed by atoms with van der Waals surface area (Å²) in [6.45, 7) is 7.18. The van der Waals surface area contributed by atoms with Gasteiger partial charge in [-0.25, -0.2) is 4.68 Å². The van der Waals surface area contributed by atoms with Crippen LogP contribution >= 0.6 is 0 Å². The Morgan fingerprint density at radius 3 is 2.67 bits per heavy atom. The van der Waals surface area contributed by atoms with Crippen LogP contribution in [-0.4, -0.2) is 30.9 Å². The Hall–Kier alpha value is -2.37. The van der Waals surface area contributed by atoms with Gasteiger partial charge in [0, 0.05) is 26.0 Å². The van der Waals surface area contributed by atoms with Gasteiger partial charge in [0.25, 0.3) is 5.95 Å². The first-order valence-electron chi connectivity index (χ1n) is 7.14. The molecule has 0 atom stereocenters. The second-order valence-corrected chi connectivity index (χ2v) is 5.71. The molecule has 3 aromatic rings. The molecule has 0 spiro atoms. The Morgan fingerprint density at radius 2 is 2.00 bits per heavy atom. The van der Waals surface area contributed by atoms with Crippen molar-refractivity contribution in [3.8, 4) is 5.95 Å². The highest BCUT2D eigenvalue weighted by molar-refractivity contribution is 5.88. The molecule has 0 aliphatic carbocycles. The van der Waals surface area contributed by atoms with Gasteiger partial charge in [-0.1, -0.05) is 13.8 Å². The van der Waals surface area contributed by atoms with E-state index < -0.39 is 0 Å². The molecule has 0 unspecified atom stereocenters. The third-order valence-corrected chi connectivity index (χ3v) is 3.32. The van der Waals surface area contributed by atoms with Crippen LogP contribution in [0, 0.1) is 12.8 Å². The van der Waals surface area contributed by atoms with E-state index >= 15 is 0 Å². The molecule has 6 heteroatoms. The monoisotopic (exact) mass is 284 g/mol. The minimum atomic E-state index is 0.550. The highest BCUT2D eigenvalue weighted by atomic mass is 15.4. The van der Waals surface area contributed by atoms with Crippen LogP contribution in [0.25, 0.3) is 17.0 Å². The van der Waals surface area contributed by atoms with E-state index in [1.165, 1.54) is 0 Å². The third-order valence-electron chi connectivity index (χ3n) is 3.32. The van der Waals surface area contributed by atoms with E-state index in [-0.39, 0.29) is 0 Å². The van der Waals surface area contributed by atoms with E-state index in [0.29, 0.717) is 11.9 Å². The number of aromatic nitrogens is 5. The first-order chi connectivity index (χ1) is 10.0. The molecule has 0 saturated carbocycles. The normalized spacial score (nSPS) is 11.5. The molecule has 6 nitrogen and oxygen atoms in total. The maximum atomic E-state index is 4.63. The second kappa shape index (κ2) is 5.20. The van der Waals surface area contributed by atoms with Gasteiger partial charge in [0.2, 0.25) is 0 Å². The number of hydrogen-bond donors (Lipinski definition) is 1. The smallest absolute Gasteiger partial charge is 0.254 e. The predicted octanol–water partition coefficient (Wildman–Crippen LogP) is 2.53. The van der Waals surface area contributed by atoms with Gasteiger partial charge >= 0.3 is 0 Å². The zero-order valence-electron chi connectivity index (χ0n) is 12.8. The van der Waals surface area contributed by atoms with Crippen LogP contribution in [0.5, 0.6) is 0 Å². The number of hydrogen-bond acceptors (Lipinski definition) is 4. The molecular formula is C15H20N6. The Labute approximate surface area is 123 Å². The molecule has 3 rings (SSSR count). The highest BCUT2D eigenvalue weighted by Crippen LogP contribution is 2.22. The topological polar surface area (TPSA) is 60.6 Å². The molecule has 0 aliphatic rings. The van der Waals surface area contributed by atoms with Crippen molar-refractivity contribution in [2.75, 3.05) is 11.9 Å². The SMILES string of the molecule is Cc1ccn(-c2nc(NCC(C)C)c3ccn(C)c3n2)n1. The van der Waals surface area contributed by atoms with Gasteiger partial charge < -0.3 is 9.88 Å². The molecule has 0 saturated heterocycles. The van der Waals surface area contributed by atoms with Gasteiger partial charge in [0.15, 0.2) is 0 Å². The van der Waals surface area contributed by atoms with E-state index in [1.807, 2.05) is 43.1 Å². The quantitative estimate of drug-likeness (QED) is 0.799. The van der Waals surface area contributed by atoms with E-state index in [1.54, 1.807) is 4.68 Å². The van der Waals surface area contributed by atoms with Crippen molar-refractivity contribution in [1.82, 2.24) is 24.3 Å². The van der Waals surface area contributed by atoms with Crippen LogP contribution in [0.4, 0.5) is 5.82 Å². The van der Waals surface area contributed by atoms with Gasteiger partial charge in [0.05, 0.1) is 11.1 Å². The molecule has 0 aromatic carbocycles. The standard InChI is InChI=1S/C15H20N6/c1-10(2)9-16-13-12-6-7-20(4)14(12)18-15(17-13)21-8-5-11(3)19-21/h5-8,10H,9H2,1-4H3,(H,16,17,18). The summed E-state index contributed by atoms with van der Waals surface area (Å²) in [5, 5.41) is 8.84. The minimum Gasteiger partial charge on any atom is -0.369 e. The Bertz CT molecular complexity index is 768. The number of aryl methyl sites for hydroxylation is 2. The number of anilines is 1. The maximum absolute atomic E-state index is 4.63. The van der Waals surface area contributed by atoms with Crippen molar-refractivity contribution in [1.29, 1.82) is 0 Å². The number of nitrogens with zero attached hydrogens (tertiary/aromatic N) is 5. The Kier molecular flexibility index (Phi) is 3.37. The molecule has 0 radical (unpaired) electrons. The fourth-order valence-corrected chi connectivity index (χ4v) is 2.19. The molecule has 0 bridgehead atoms. The minimum absolute atomic E-state index is 0.550. The molecule has 110 valence electrons. The van der Waals surface area contributed by atoms with Gasteiger partial charge in [0.1, 0.15) is 11.5 Å². The number of rotatable bonds is 4. The van der Waals surface area contributed by atoms with Gasteiger partial charge in [-0.05, 0) is 25.0 Å². The summed E-state index contributed by atoms with van der Waals surface area (Å²) in [7, 11) is 1.99. The first-order valence-corrected chi connectivity index (χ1v) is 7.14. The van der Waals surface area contributed by atoms with Crippen LogP contribution in [0.3, 0.4) is 0 Å². The van der Waals surface area contributed by atoms with Crippen LogP contribution in [0.15, 0.2) is 24.5 Å². The maximum Gasteiger partial charge on any atom is 0.254 e. The van der Waals surface area contributed by atoms with Gasteiger partial charge in [-0.15, -0.1) is 0 Å². The molecular weight excluding hydrogens is 264 g/mol. The first kappa shape index (κ1) is 13.6. The van der Waals surface area contributed by atoms with Crippen molar-refractivity contribution in [2.24, 2.45) is 13.0 Å². The summed E-state index contributed by atoms with van der Waals surface area (Å²) >= 11 is 0. The van der Waals surface area contributed by atoms with Crippen molar-refractivity contribution >= 4 is 16.9 Å². The lowest BCUT2D eigenvalue weighted by Crippen LogP contribution is -2.12. The fourth-order valence-electron chi connectivity index (χ4n) is 2.19. The molecule has 3 aromatic heterocycles. The van der Waals surface area contributed by atoms with Crippen LogP contribution in [-0.2, 0) is 7.05 Å². The Balaban J connectivity index is 2.11. The lowest BCUT2D eigenvalue weighted by molar-refractivity contribution is 0.686. The average molecular weight is 284 g/mol. The van der Waals surface area contributed by atoms with Crippen molar-refractivity contribution in [3.63, 3.8) is 0 Å². The molecule has 1 N–H and O–H groups in total. The molecule has 3 heterocycles. The highest BCUT2D eigenvalue weighted by Gasteiger charge is 2.12. The zero-order valence-corrected chi connectivity index (χ0v) is 12.8. The van der Waals surface area contributed by atoms with Crippen LogP contribution in [0.2, 0.25) is 0 Å². The Morgan fingerprint density at radius 1 is 1.19 bits per heavy atom. The fraction of sp³-hybridized carbons (Fsp3) is 0.400. The molecule has 0 amide bonds. The van der Waals surface area contributed by atoms with Gasteiger partial charge in [-0.3, -0.25) is 0 Å². The predicted molar refractivity (Wildman–Crippen MR) is 83.7 cm³/mol. The van der Waals surface area contributed by atoms with Crippen LogP contribution in [0.1, 0.15) is 19.5 Å². The largest absolute Gasteiger partial charge is 0.369 e. The summed E-state index contributed by atoms with van der Waals surface area (Å²) in [6.07, 6.45) is 3.88. The molecule has 0 fully saturated rings. The van der Waals surface area contributed by atoms with E-state index in [0.717, 1.165) is 29.1 Å². The van der Waals surface area contributed by atoms with Crippen molar-refractivity contribution in [2.45, 2.75) is 20.8 Å². The van der Waals surface area contributed by atoms with Gasteiger partial charge in [-0.2, -0.15) is 15.1 Å². The summed E-state index contributed by atoms with van der Waals surface area (Å²) in [4.78, 5) is 9.25. The second-order valence-electron chi connectivity index (χ2n) is 5.71. The van der Waals surface area contributed by atoms with E-state index in [9.17, 15) is 0 Å². The van der Waals surface area contributed by atoms with Crippen LogP contribution < -0.4 is 5.32 Å². The summed E-state index contributed by atoms with van der Waals surface area (Å²) < 4.78 is 3.71. The summed E-state index contributed by atoms with van der Waals surface area (Å²) in [6, 6.07) is 3.98. The summed E-state index contributed by atoms with van der Waals surface area (Å²) in [5.74, 6) is 2.00. The summed E-state index contributed by atoms with van der Waals surface area (Å²) in [5.41, 5.74) is 1.85. The average Bonchev–Trinajstić information content (AvgIpc) is 3.03. The molecule has 21 heavy (non-hydrogen) atoms. The van der Waals surface area contributed by atoms with Crippen molar-refractivity contribution < 1.29 is 0 Å². The van der Waals surface area contributed by atoms with E-state index in [2.05, 4.69) is 34.2 Å². The van der Waals surface area contributed by atoms with Crippen molar-refractivity contribution in [3.05, 3.63) is 30.2 Å². The lowest BCUT2D eigenvalue weighted by atomic mass is 10.2. The zero-order chi connectivity index (χ0) is 15.0. The molecule has 0 aliphatic heterocycles. The lowest BCUT2D eigenvalue weighted by Gasteiger charge is -2.11. The van der Waals surface area contributed by atoms with E-state index in [4.69, 9.17) is 0 Å².